The Bertz CT molecular complexity index is 1430. The maximum atomic E-state index is 13.1. The number of thiazole rings is 1. The van der Waals surface area contributed by atoms with Crippen molar-refractivity contribution in [2.75, 3.05) is 23.6 Å². The molecule has 0 unspecified atom stereocenters. The van der Waals surface area contributed by atoms with E-state index in [2.05, 4.69) is 10.4 Å². The van der Waals surface area contributed by atoms with E-state index in [4.69, 9.17) is 14.5 Å². The first-order chi connectivity index (χ1) is 17.0. The first-order valence-electron chi connectivity index (χ1n) is 11.1. The lowest BCUT2D eigenvalue weighted by Gasteiger charge is -2.16. The van der Waals surface area contributed by atoms with E-state index in [-0.39, 0.29) is 25.0 Å². The van der Waals surface area contributed by atoms with Gasteiger partial charge in [0.05, 0.1) is 17.3 Å². The van der Waals surface area contributed by atoms with Crippen LogP contribution in [0.25, 0.3) is 16.4 Å². The Morgan fingerprint density at radius 3 is 2.80 bits per heavy atom. The summed E-state index contributed by atoms with van der Waals surface area (Å²) in [6.07, 6.45) is 0.166. The molecule has 0 saturated carbocycles. The van der Waals surface area contributed by atoms with Crippen LogP contribution in [0.2, 0.25) is 0 Å². The van der Waals surface area contributed by atoms with Crippen LogP contribution in [0.5, 0.6) is 11.5 Å². The summed E-state index contributed by atoms with van der Waals surface area (Å²) in [5, 5.41) is 10.0. The van der Waals surface area contributed by atoms with Gasteiger partial charge in [0.2, 0.25) is 23.7 Å². The van der Waals surface area contributed by atoms with E-state index in [1.54, 1.807) is 15.6 Å². The predicted molar refractivity (Wildman–Crippen MR) is 131 cm³/mol. The third-order valence-electron chi connectivity index (χ3n) is 5.99. The molecule has 1 atom stereocenters. The van der Waals surface area contributed by atoms with Gasteiger partial charge in [-0.2, -0.15) is 9.78 Å². The highest BCUT2D eigenvalue weighted by molar-refractivity contribution is 7.12. The highest BCUT2D eigenvalue weighted by atomic mass is 32.1. The Kier molecular flexibility index (Phi) is 5.22. The van der Waals surface area contributed by atoms with Gasteiger partial charge in [-0.05, 0) is 37.3 Å². The zero-order chi connectivity index (χ0) is 23.9. The normalized spacial score (nSPS) is 16.7. The average molecular weight is 488 g/mol. The fourth-order valence-corrected chi connectivity index (χ4v) is 5.05. The zero-order valence-electron chi connectivity index (χ0n) is 18.8. The van der Waals surface area contributed by atoms with Gasteiger partial charge in [0.1, 0.15) is 5.82 Å². The van der Waals surface area contributed by atoms with Gasteiger partial charge in [0.25, 0.3) is 0 Å². The van der Waals surface area contributed by atoms with E-state index in [0.29, 0.717) is 29.0 Å². The second-order valence-electron chi connectivity index (χ2n) is 8.40. The van der Waals surface area contributed by atoms with Crippen molar-refractivity contribution in [2.24, 2.45) is 5.92 Å². The molecule has 2 amide bonds. The average Bonchev–Trinajstić information content (AvgIpc) is 3.65. The zero-order valence-corrected chi connectivity index (χ0v) is 19.6. The number of hydrogen-bond donors (Lipinski definition) is 1. The number of para-hydroxylation sites is 1. The first-order valence-corrected chi connectivity index (χ1v) is 12.0. The third-order valence-corrected chi connectivity index (χ3v) is 6.80. The van der Waals surface area contributed by atoms with Crippen molar-refractivity contribution in [2.45, 2.75) is 13.3 Å². The number of aromatic nitrogens is 3. The minimum atomic E-state index is -0.452. The number of nitrogens with one attached hydrogen (secondary N) is 1. The molecule has 4 heterocycles. The molecule has 35 heavy (non-hydrogen) atoms. The molecule has 0 spiro atoms. The second-order valence-corrected chi connectivity index (χ2v) is 9.23. The monoisotopic (exact) mass is 487 g/mol. The Labute approximate surface area is 204 Å². The summed E-state index contributed by atoms with van der Waals surface area (Å²) in [7, 11) is 0. The molecule has 176 valence electrons. The van der Waals surface area contributed by atoms with Crippen LogP contribution < -0.4 is 19.7 Å². The Balaban J connectivity index is 1.21. The van der Waals surface area contributed by atoms with Crippen LogP contribution >= 0.6 is 11.3 Å². The van der Waals surface area contributed by atoms with Gasteiger partial charge in [-0.3, -0.25) is 9.59 Å². The minimum absolute atomic E-state index is 0.0608. The third kappa shape index (κ3) is 4.01. The molecule has 9 nitrogen and oxygen atoms in total. The predicted octanol–water partition coefficient (Wildman–Crippen LogP) is 4.02. The highest BCUT2D eigenvalue weighted by Gasteiger charge is 2.35. The molecule has 6 rings (SSSR count). The topological polar surface area (TPSA) is 98.6 Å². The van der Waals surface area contributed by atoms with Crippen LogP contribution in [-0.4, -0.2) is 39.9 Å². The number of ether oxygens (including phenoxy) is 2. The number of aryl methyl sites for hydroxylation is 1. The smallest absolute Gasteiger partial charge is 0.231 e. The summed E-state index contributed by atoms with van der Waals surface area (Å²) in [6.45, 7) is 2.41. The van der Waals surface area contributed by atoms with Crippen molar-refractivity contribution in [3.8, 4) is 27.9 Å². The molecule has 1 N–H and O–H groups in total. The molecule has 2 aromatic carbocycles. The molecule has 0 bridgehead atoms. The number of carbonyl (C=O) groups excluding carboxylic acids is 2. The molecule has 2 aromatic heterocycles. The Hall–Kier alpha value is -4.18. The fourth-order valence-electron chi connectivity index (χ4n) is 4.25. The minimum Gasteiger partial charge on any atom is -0.454 e. The molecule has 10 heteroatoms. The fraction of sp³-hybridized carbons (Fsp3) is 0.200. The number of nitrogens with zero attached hydrogens (tertiary/aromatic N) is 4. The highest BCUT2D eigenvalue weighted by Crippen LogP contribution is 2.36. The van der Waals surface area contributed by atoms with Crippen LogP contribution in [0.4, 0.5) is 11.5 Å². The molecule has 0 aliphatic carbocycles. The van der Waals surface area contributed by atoms with Gasteiger partial charge in [-0.15, -0.1) is 11.3 Å². The van der Waals surface area contributed by atoms with Gasteiger partial charge in [0.15, 0.2) is 11.5 Å². The van der Waals surface area contributed by atoms with Crippen LogP contribution in [-0.2, 0) is 9.59 Å². The lowest BCUT2D eigenvalue weighted by atomic mass is 10.1. The Morgan fingerprint density at radius 2 is 1.94 bits per heavy atom. The number of amides is 2. The van der Waals surface area contributed by atoms with Crippen molar-refractivity contribution in [3.63, 3.8) is 0 Å². The number of anilines is 2. The van der Waals surface area contributed by atoms with Crippen LogP contribution in [0.15, 0.2) is 60.0 Å². The first kappa shape index (κ1) is 21.4. The van der Waals surface area contributed by atoms with Crippen LogP contribution in [0.3, 0.4) is 0 Å². The number of hydrogen-bond acceptors (Lipinski definition) is 7. The quantitative estimate of drug-likeness (QED) is 0.457. The number of benzene rings is 2. The maximum absolute atomic E-state index is 13.1. The summed E-state index contributed by atoms with van der Waals surface area (Å²) >= 11 is 1.42. The van der Waals surface area contributed by atoms with Gasteiger partial charge >= 0.3 is 0 Å². The van der Waals surface area contributed by atoms with E-state index in [1.807, 2.05) is 60.8 Å². The maximum Gasteiger partial charge on any atom is 0.231 e. The summed E-state index contributed by atoms with van der Waals surface area (Å²) in [4.78, 5) is 32.0. The van der Waals surface area contributed by atoms with Gasteiger partial charge in [-0.25, -0.2) is 4.98 Å². The summed E-state index contributed by atoms with van der Waals surface area (Å²) in [5.41, 5.74) is 3.21. The van der Waals surface area contributed by atoms with E-state index >= 15 is 0 Å². The summed E-state index contributed by atoms with van der Waals surface area (Å²) in [6, 6.07) is 16.9. The lowest BCUT2D eigenvalue weighted by molar-refractivity contribution is -0.122. The summed E-state index contributed by atoms with van der Waals surface area (Å²) < 4.78 is 12.5. The largest absolute Gasteiger partial charge is 0.454 e. The van der Waals surface area contributed by atoms with E-state index in [1.165, 1.54) is 11.3 Å². The van der Waals surface area contributed by atoms with Gasteiger partial charge in [0, 0.05) is 35.7 Å². The standard InChI is InChI=1S/C25H21N5O4S/c1-15-9-22(27-24(32)17-11-23(31)29(12-17)18-5-3-2-4-6-18)30(28-15)25-26-19(13-35-25)16-7-8-20-21(10-16)34-14-33-20/h2-10,13,17H,11-12,14H2,1H3,(H,27,32)/t17-/m1/s1. The van der Waals surface area contributed by atoms with Crippen molar-refractivity contribution in [1.82, 2.24) is 14.8 Å². The van der Waals surface area contributed by atoms with Crippen molar-refractivity contribution in [3.05, 3.63) is 65.7 Å². The van der Waals surface area contributed by atoms with Crippen molar-refractivity contribution >= 4 is 34.7 Å². The van der Waals surface area contributed by atoms with Crippen molar-refractivity contribution < 1.29 is 19.1 Å². The number of rotatable bonds is 5. The van der Waals surface area contributed by atoms with E-state index in [0.717, 1.165) is 22.6 Å². The molecule has 4 aromatic rings. The second kappa shape index (κ2) is 8.55. The molecule has 2 aliphatic heterocycles. The molecular weight excluding hydrogens is 466 g/mol. The lowest BCUT2D eigenvalue weighted by Crippen LogP contribution is -2.28. The molecule has 1 fully saturated rings. The van der Waals surface area contributed by atoms with E-state index < -0.39 is 5.92 Å². The van der Waals surface area contributed by atoms with Crippen LogP contribution in [0.1, 0.15) is 12.1 Å². The molecular formula is C25H21N5O4S. The van der Waals surface area contributed by atoms with Crippen LogP contribution in [0, 0.1) is 12.8 Å². The van der Waals surface area contributed by atoms with Gasteiger partial charge < -0.3 is 19.7 Å². The number of fused-ring (bicyclic) bond motifs is 1. The molecule has 0 radical (unpaired) electrons. The Morgan fingerprint density at radius 1 is 1.11 bits per heavy atom. The van der Waals surface area contributed by atoms with Gasteiger partial charge in [-0.1, -0.05) is 18.2 Å². The molecule has 1 saturated heterocycles. The summed E-state index contributed by atoms with van der Waals surface area (Å²) in [5.74, 6) is 1.19. The van der Waals surface area contributed by atoms with E-state index in [9.17, 15) is 9.59 Å². The molecule has 2 aliphatic rings. The SMILES string of the molecule is Cc1cc(NC(=O)[C@@H]2CC(=O)N(c3ccccc3)C2)n(-c2nc(-c3ccc4c(c3)OCO4)cs2)n1. The van der Waals surface area contributed by atoms with Crippen molar-refractivity contribution in [1.29, 1.82) is 0 Å². The number of carbonyl (C=O) groups is 2.